The van der Waals surface area contributed by atoms with Gasteiger partial charge >= 0.3 is 5.97 Å². The van der Waals surface area contributed by atoms with Crippen LogP contribution in [0.15, 0.2) is 29.2 Å². The zero-order valence-electron chi connectivity index (χ0n) is 11.7. The van der Waals surface area contributed by atoms with Gasteiger partial charge in [-0.15, -0.1) is 11.8 Å². The number of halogens is 1. The van der Waals surface area contributed by atoms with Crippen molar-refractivity contribution in [2.45, 2.75) is 30.7 Å². The van der Waals surface area contributed by atoms with E-state index in [1.54, 1.807) is 12.1 Å². The van der Waals surface area contributed by atoms with Crippen LogP contribution in [0.1, 0.15) is 19.8 Å². The van der Waals surface area contributed by atoms with Crippen LogP contribution in [0.25, 0.3) is 0 Å². The van der Waals surface area contributed by atoms with Crippen LogP contribution in [0.2, 0.25) is 0 Å². The summed E-state index contributed by atoms with van der Waals surface area (Å²) in [6, 6.07) is 6.15. The van der Waals surface area contributed by atoms with Crippen molar-refractivity contribution >= 4 is 23.6 Å². The zero-order chi connectivity index (χ0) is 15.4. The molecule has 4 nitrogen and oxygen atoms in total. The van der Waals surface area contributed by atoms with Crippen molar-refractivity contribution < 1.29 is 19.1 Å². The van der Waals surface area contributed by atoms with Gasteiger partial charge in [-0.1, -0.05) is 6.92 Å². The zero-order valence-corrected chi connectivity index (χ0v) is 12.5. The maximum absolute atomic E-state index is 12.8. The average Bonchev–Trinajstić information content (AvgIpc) is 2.40. The predicted molar refractivity (Wildman–Crippen MR) is 78.6 cm³/mol. The number of aliphatic carboxylic acids is 1. The summed E-state index contributed by atoms with van der Waals surface area (Å²) in [5.41, 5.74) is 0. The number of benzene rings is 1. The first-order valence-corrected chi connectivity index (χ1v) is 7.86. The van der Waals surface area contributed by atoms with E-state index in [1.165, 1.54) is 23.9 Å². The van der Waals surface area contributed by atoms with Gasteiger partial charge in [0, 0.05) is 22.6 Å². The van der Waals surface area contributed by atoms with Crippen molar-refractivity contribution in [1.29, 1.82) is 0 Å². The molecule has 1 aliphatic rings. The highest BCUT2D eigenvalue weighted by atomic mass is 32.2. The Bertz CT molecular complexity index is 514. The molecule has 114 valence electrons. The van der Waals surface area contributed by atoms with Gasteiger partial charge in [0.15, 0.2) is 0 Å². The molecule has 0 aromatic heterocycles. The fourth-order valence-corrected chi connectivity index (χ4v) is 3.03. The number of rotatable bonds is 6. The van der Waals surface area contributed by atoms with Crippen molar-refractivity contribution in [3.8, 4) is 0 Å². The Hall–Kier alpha value is -1.56. The van der Waals surface area contributed by atoms with E-state index in [0.29, 0.717) is 18.6 Å². The van der Waals surface area contributed by atoms with Crippen molar-refractivity contribution in [1.82, 2.24) is 5.32 Å². The standard InChI is InChI=1S/C15H18FNO3S/c1-9(8-21-13-4-2-11(16)3-5-13)14(18)17-12-6-10(7-12)15(19)20/h2-5,9-10,12H,6-8H2,1H3,(H,17,18)(H,19,20). The number of amides is 1. The third-order valence-electron chi connectivity index (χ3n) is 3.59. The highest BCUT2D eigenvalue weighted by Crippen LogP contribution is 2.28. The molecule has 2 rings (SSSR count). The van der Waals surface area contributed by atoms with Crippen LogP contribution in [0.3, 0.4) is 0 Å². The molecule has 1 unspecified atom stereocenters. The van der Waals surface area contributed by atoms with E-state index in [2.05, 4.69) is 5.32 Å². The molecule has 0 radical (unpaired) electrons. The Labute approximate surface area is 127 Å². The number of carbonyl (C=O) groups is 2. The van der Waals surface area contributed by atoms with Crippen LogP contribution in [0.4, 0.5) is 4.39 Å². The van der Waals surface area contributed by atoms with Gasteiger partial charge in [0.05, 0.1) is 5.92 Å². The van der Waals surface area contributed by atoms with E-state index in [4.69, 9.17) is 5.11 Å². The largest absolute Gasteiger partial charge is 0.481 e. The molecule has 1 aromatic rings. The lowest BCUT2D eigenvalue weighted by molar-refractivity contribution is -0.146. The smallest absolute Gasteiger partial charge is 0.306 e. The number of carbonyl (C=O) groups excluding carboxylic acids is 1. The number of carboxylic acids is 1. The third kappa shape index (κ3) is 4.46. The van der Waals surface area contributed by atoms with Crippen molar-refractivity contribution in [2.75, 3.05) is 5.75 Å². The van der Waals surface area contributed by atoms with Gasteiger partial charge in [0.1, 0.15) is 5.82 Å². The topological polar surface area (TPSA) is 66.4 Å². The van der Waals surface area contributed by atoms with Crippen molar-refractivity contribution in [2.24, 2.45) is 11.8 Å². The van der Waals surface area contributed by atoms with Crippen LogP contribution < -0.4 is 5.32 Å². The summed E-state index contributed by atoms with van der Waals surface area (Å²) in [5.74, 6) is -1.02. The molecular weight excluding hydrogens is 293 g/mol. The minimum absolute atomic E-state index is 0.0168. The summed E-state index contributed by atoms with van der Waals surface area (Å²) in [6.07, 6.45) is 1.03. The van der Waals surface area contributed by atoms with Crippen molar-refractivity contribution in [3.05, 3.63) is 30.1 Å². The van der Waals surface area contributed by atoms with E-state index < -0.39 is 5.97 Å². The van der Waals surface area contributed by atoms with E-state index in [1.807, 2.05) is 6.92 Å². The molecule has 0 heterocycles. The molecular formula is C15H18FNO3S. The number of nitrogens with one attached hydrogen (secondary N) is 1. The predicted octanol–water partition coefficient (Wildman–Crippen LogP) is 2.53. The summed E-state index contributed by atoms with van der Waals surface area (Å²) in [5, 5.41) is 11.7. The monoisotopic (exact) mass is 311 g/mol. The lowest BCUT2D eigenvalue weighted by atomic mass is 9.80. The van der Waals surface area contributed by atoms with Crippen LogP contribution in [0.5, 0.6) is 0 Å². The van der Waals surface area contributed by atoms with Gasteiger partial charge in [0.2, 0.25) is 5.91 Å². The normalized spacial score (nSPS) is 22.2. The first-order chi connectivity index (χ1) is 9.95. The molecule has 2 N–H and O–H groups in total. The van der Waals surface area contributed by atoms with E-state index >= 15 is 0 Å². The van der Waals surface area contributed by atoms with Crippen LogP contribution in [-0.2, 0) is 9.59 Å². The maximum atomic E-state index is 12.8. The second kappa shape index (κ2) is 6.93. The summed E-state index contributed by atoms with van der Waals surface area (Å²) < 4.78 is 12.8. The lowest BCUT2D eigenvalue weighted by Gasteiger charge is -2.33. The van der Waals surface area contributed by atoms with Crippen LogP contribution in [-0.4, -0.2) is 28.8 Å². The molecule has 1 atom stereocenters. The first-order valence-electron chi connectivity index (χ1n) is 6.87. The molecule has 1 fully saturated rings. The minimum atomic E-state index is -0.791. The molecule has 1 aromatic carbocycles. The Balaban J connectivity index is 1.71. The first kappa shape index (κ1) is 15.8. The van der Waals surface area contributed by atoms with Gasteiger partial charge in [-0.05, 0) is 37.1 Å². The Kier molecular flexibility index (Phi) is 5.22. The summed E-state index contributed by atoms with van der Waals surface area (Å²) in [4.78, 5) is 23.6. The van der Waals surface area contributed by atoms with Crippen LogP contribution in [0, 0.1) is 17.7 Å². The van der Waals surface area contributed by atoms with Crippen molar-refractivity contribution in [3.63, 3.8) is 0 Å². The van der Waals surface area contributed by atoms with Gasteiger partial charge in [-0.2, -0.15) is 0 Å². The molecule has 21 heavy (non-hydrogen) atoms. The number of hydrogen-bond donors (Lipinski definition) is 2. The highest BCUT2D eigenvalue weighted by Gasteiger charge is 2.35. The molecule has 6 heteroatoms. The SMILES string of the molecule is CC(CSc1ccc(F)cc1)C(=O)NC1CC(C(=O)O)C1. The summed E-state index contributed by atoms with van der Waals surface area (Å²) >= 11 is 1.50. The van der Waals surface area contributed by atoms with Gasteiger partial charge in [-0.3, -0.25) is 9.59 Å². The molecule has 1 aliphatic carbocycles. The van der Waals surface area contributed by atoms with Crippen LogP contribution >= 0.6 is 11.8 Å². The molecule has 0 spiro atoms. The van der Waals surface area contributed by atoms with Gasteiger partial charge in [-0.25, -0.2) is 4.39 Å². The third-order valence-corrected chi connectivity index (χ3v) is 4.87. The van der Waals surface area contributed by atoms with E-state index in [0.717, 1.165) is 4.90 Å². The van der Waals surface area contributed by atoms with E-state index in [-0.39, 0.29) is 29.6 Å². The quantitative estimate of drug-likeness (QED) is 0.792. The molecule has 1 amide bonds. The molecule has 0 saturated heterocycles. The number of carboxylic acid groups (broad SMARTS) is 1. The summed E-state index contributed by atoms with van der Waals surface area (Å²) in [7, 11) is 0. The lowest BCUT2D eigenvalue weighted by Crippen LogP contribution is -2.48. The fourth-order valence-electron chi connectivity index (χ4n) is 2.11. The van der Waals surface area contributed by atoms with Gasteiger partial charge < -0.3 is 10.4 Å². The second-order valence-electron chi connectivity index (χ2n) is 5.38. The highest BCUT2D eigenvalue weighted by molar-refractivity contribution is 7.99. The number of hydrogen-bond acceptors (Lipinski definition) is 3. The second-order valence-corrected chi connectivity index (χ2v) is 6.47. The fraction of sp³-hybridized carbons (Fsp3) is 0.467. The average molecular weight is 311 g/mol. The minimum Gasteiger partial charge on any atom is -0.481 e. The number of thioether (sulfide) groups is 1. The maximum Gasteiger partial charge on any atom is 0.306 e. The molecule has 0 bridgehead atoms. The Morgan fingerprint density at radius 1 is 1.38 bits per heavy atom. The van der Waals surface area contributed by atoms with E-state index in [9.17, 15) is 14.0 Å². The van der Waals surface area contributed by atoms with Gasteiger partial charge in [0.25, 0.3) is 0 Å². The summed E-state index contributed by atoms with van der Waals surface area (Å²) in [6.45, 7) is 1.83. The Morgan fingerprint density at radius 2 is 2.00 bits per heavy atom. The Morgan fingerprint density at radius 3 is 2.57 bits per heavy atom. The molecule has 0 aliphatic heterocycles. The molecule has 1 saturated carbocycles.